The van der Waals surface area contributed by atoms with Crippen LogP contribution in [-0.4, -0.2) is 35.9 Å². The molecule has 0 saturated heterocycles. The molecule has 2 aromatic rings. The third-order valence-corrected chi connectivity index (χ3v) is 4.24. The van der Waals surface area contributed by atoms with Gasteiger partial charge in [0.2, 0.25) is 5.91 Å². The van der Waals surface area contributed by atoms with E-state index in [-0.39, 0.29) is 30.7 Å². The molecule has 0 fully saturated rings. The molecule has 0 saturated carbocycles. The van der Waals surface area contributed by atoms with E-state index in [1.807, 2.05) is 44.2 Å². The van der Waals surface area contributed by atoms with Crippen molar-refractivity contribution in [2.75, 3.05) is 13.2 Å². The van der Waals surface area contributed by atoms with E-state index in [1.165, 1.54) is 17.0 Å². The Morgan fingerprint density at radius 2 is 1.68 bits per heavy atom. The fourth-order valence-electron chi connectivity index (χ4n) is 2.60. The number of rotatable bonds is 9. The third-order valence-electron chi connectivity index (χ3n) is 4.24. The van der Waals surface area contributed by atoms with Crippen LogP contribution in [0.1, 0.15) is 26.3 Å². The first-order valence-corrected chi connectivity index (χ1v) is 9.37. The maximum Gasteiger partial charge on any atom is 0.261 e. The van der Waals surface area contributed by atoms with E-state index in [4.69, 9.17) is 4.74 Å². The summed E-state index contributed by atoms with van der Waals surface area (Å²) >= 11 is 0. The molecule has 0 aliphatic rings. The Bertz CT molecular complexity index is 780. The first-order chi connectivity index (χ1) is 13.4. The first kappa shape index (κ1) is 21.4. The summed E-state index contributed by atoms with van der Waals surface area (Å²) in [5, 5.41) is 2.85. The van der Waals surface area contributed by atoms with Gasteiger partial charge in [0.15, 0.2) is 18.2 Å². The predicted octanol–water partition coefficient (Wildman–Crippen LogP) is 3.39. The van der Waals surface area contributed by atoms with Crippen LogP contribution in [0.15, 0.2) is 54.6 Å². The number of nitrogens with one attached hydrogen (secondary N) is 1. The molecule has 0 aliphatic heterocycles. The van der Waals surface area contributed by atoms with Gasteiger partial charge in [0, 0.05) is 13.1 Å². The molecule has 28 heavy (non-hydrogen) atoms. The smallest absolute Gasteiger partial charge is 0.261 e. The minimum atomic E-state index is -0.685. The fourth-order valence-corrected chi connectivity index (χ4v) is 2.60. The molecule has 0 radical (unpaired) electrons. The number of benzene rings is 2. The summed E-state index contributed by atoms with van der Waals surface area (Å²) in [6, 6.07) is 14.6. The van der Waals surface area contributed by atoms with Crippen LogP contribution in [0.25, 0.3) is 0 Å². The van der Waals surface area contributed by atoms with Crippen LogP contribution >= 0.6 is 0 Å². The highest BCUT2D eigenvalue weighted by Gasteiger charge is 2.26. The van der Waals surface area contributed by atoms with Crippen LogP contribution in [0.5, 0.6) is 5.75 Å². The topological polar surface area (TPSA) is 58.6 Å². The van der Waals surface area contributed by atoms with Crippen molar-refractivity contribution in [2.45, 2.75) is 33.4 Å². The zero-order chi connectivity index (χ0) is 20.5. The maximum absolute atomic E-state index is 13.7. The van der Waals surface area contributed by atoms with E-state index in [1.54, 1.807) is 19.1 Å². The Balaban J connectivity index is 2.11. The molecule has 5 nitrogen and oxygen atoms in total. The van der Waals surface area contributed by atoms with Crippen molar-refractivity contribution in [2.24, 2.45) is 5.92 Å². The van der Waals surface area contributed by atoms with Crippen molar-refractivity contribution < 1.29 is 18.7 Å². The molecule has 2 aromatic carbocycles. The van der Waals surface area contributed by atoms with Crippen molar-refractivity contribution in [3.05, 3.63) is 66.0 Å². The number of nitrogens with zero attached hydrogens (tertiary/aromatic N) is 1. The number of para-hydroxylation sites is 1. The molecule has 1 N–H and O–H groups in total. The largest absolute Gasteiger partial charge is 0.481 e. The molecule has 0 aromatic heterocycles. The second-order valence-corrected chi connectivity index (χ2v) is 7.04. The molecular weight excluding hydrogens is 359 g/mol. The molecule has 0 heterocycles. The van der Waals surface area contributed by atoms with Crippen molar-refractivity contribution in [3.8, 4) is 5.75 Å². The van der Waals surface area contributed by atoms with Crippen LogP contribution in [0, 0.1) is 11.7 Å². The minimum absolute atomic E-state index is 0.00687. The minimum Gasteiger partial charge on any atom is -0.481 e. The van der Waals surface area contributed by atoms with Crippen LogP contribution in [0.3, 0.4) is 0 Å². The van der Waals surface area contributed by atoms with Gasteiger partial charge >= 0.3 is 0 Å². The standard InChI is InChI=1S/C22H27FN2O3/c1-16(2)13-24-22(27)17(3)25(14-18-9-5-4-6-10-18)21(26)15-28-20-12-8-7-11-19(20)23/h4-12,16-17H,13-15H2,1-3H3,(H,24,27)/t17-/m1/s1. The number of hydrogen-bond acceptors (Lipinski definition) is 3. The molecule has 150 valence electrons. The van der Waals surface area contributed by atoms with Gasteiger partial charge in [-0.3, -0.25) is 9.59 Å². The summed E-state index contributed by atoms with van der Waals surface area (Å²) in [5.41, 5.74) is 0.894. The Morgan fingerprint density at radius 3 is 2.32 bits per heavy atom. The van der Waals surface area contributed by atoms with Crippen LogP contribution in [-0.2, 0) is 16.1 Å². The summed E-state index contributed by atoms with van der Waals surface area (Å²) in [6.45, 7) is 6.12. The zero-order valence-corrected chi connectivity index (χ0v) is 16.5. The lowest BCUT2D eigenvalue weighted by Crippen LogP contribution is -2.49. The van der Waals surface area contributed by atoms with Gasteiger partial charge < -0.3 is 15.0 Å². The number of halogens is 1. The lowest BCUT2D eigenvalue weighted by Gasteiger charge is -2.29. The van der Waals surface area contributed by atoms with Gasteiger partial charge in [-0.25, -0.2) is 4.39 Å². The summed E-state index contributed by atoms with van der Waals surface area (Å²) < 4.78 is 19.1. The summed E-state index contributed by atoms with van der Waals surface area (Å²) in [5.74, 6) is -0.845. The summed E-state index contributed by atoms with van der Waals surface area (Å²) in [4.78, 5) is 26.8. The Kier molecular flexibility index (Phi) is 7.99. The van der Waals surface area contributed by atoms with Gasteiger partial charge in [0.05, 0.1) is 0 Å². The van der Waals surface area contributed by atoms with Gasteiger partial charge in [-0.15, -0.1) is 0 Å². The van der Waals surface area contributed by atoms with Crippen LogP contribution in [0.2, 0.25) is 0 Å². The lowest BCUT2D eigenvalue weighted by molar-refractivity contribution is -0.142. The molecule has 0 aliphatic carbocycles. The zero-order valence-electron chi connectivity index (χ0n) is 16.5. The molecule has 2 rings (SSSR count). The number of carbonyl (C=O) groups excluding carboxylic acids is 2. The Hall–Kier alpha value is -2.89. The van der Waals surface area contributed by atoms with Crippen molar-refractivity contribution in [1.29, 1.82) is 0 Å². The molecular formula is C22H27FN2O3. The highest BCUT2D eigenvalue weighted by molar-refractivity contribution is 5.87. The van der Waals surface area contributed by atoms with Crippen molar-refractivity contribution in [1.82, 2.24) is 10.2 Å². The quantitative estimate of drug-likeness (QED) is 0.719. The van der Waals surface area contributed by atoms with Gasteiger partial charge in [0.1, 0.15) is 6.04 Å². The molecule has 2 amide bonds. The van der Waals surface area contributed by atoms with Gasteiger partial charge in [-0.1, -0.05) is 56.3 Å². The van der Waals surface area contributed by atoms with E-state index < -0.39 is 11.9 Å². The fraction of sp³-hybridized carbons (Fsp3) is 0.364. The average Bonchev–Trinajstić information content (AvgIpc) is 2.69. The number of carbonyl (C=O) groups is 2. The second-order valence-electron chi connectivity index (χ2n) is 7.04. The summed E-state index contributed by atoms with van der Waals surface area (Å²) in [6.07, 6.45) is 0. The van der Waals surface area contributed by atoms with E-state index in [9.17, 15) is 14.0 Å². The predicted molar refractivity (Wildman–Crippen MR) is 106 cm³/mol. The van der Waals surface area contributed by atoms with Gasteiger partial charge in [-0.05, 0) is 30.5 Å². The highest BCUT2D eigenvalue weighted by Crippen LogP contribution is 2.16. The molecule has 0 unspecified atom stereocenters. The van der Waals surface area contributed by atoms with Gasteiger partial charge in [0.25, 0.3) is 5.91 Å². The lowest BCUT2D eigenvalue weighted by atomic mass is 10.1. The van der Waals surface area contributed by atoms with Crippen molar-refractivity contribution >= 4 is 11.8 Å². The van der Waals surface area contributed by atoms with Crippen LogP contribution < -0.4 is 10.1 Å². The molecule has 1 atom stereocenters. The van der Waals surface area contributed by atoms with E-state index in [0.29, 0.717) is 12.5 Å². The maximum atomic E-state index is 13.7. The van der Waals surface area contributed by atoms with Crippen LogP contribution in [0.4, 0.5) is 4.39 Å². The van der Waals surface area contributed by atoms with E-state index in [0.717, 1.165) is 5.56 Å². The van der Waals surface area contributed by atoms with E-state index >= 15 is 0 Å². The van der Waals surface area contributed by atoms with E-state index in [2.05, 4.69) is 5.32 Å². The van der Waals surface area contributed by atoms with Gasteiger partial charge in [-0.2, -0.15) is 0 Å². The highest BCUT2D eigenvalue weighted by atomic mass is 19.1. The normalized spacial score (nSPS) is 11.8. The second kappa shape index (κ2) is 10.4. The molecule has 6 heteroatoms. The number of ether oxygens (including phenoxy) is 1. The Labute approximate surface area is 165 Å². The SMILES string of the molecule is CC(C)CNC(=O)[C@@H](C)N(Cc1ccccc1)C(=O)COc1ccccc1F. The third kappa shape index (κ3) is 6.37. The Morgan fingerprint density at radius 1 is 1.04 bits per heavy atom. The number of hydrogen-bond donors (Lipinski definition) is 1. The monoisotopic (exact) mass is 386 g/mol. The van der Waals surface area contributed by atoms with Crippen molar-refractivity contribution in [3.63, 3.8) is 0 Å². The summed E-state index contributed by atoms with van der Waals surface area (Å²) in [7, 11) is 0. The number of amides is 2. The average molecular weight is 386 g/mol. The molecule has 0 spiro atoms. The molecule has 0 bridgehead atoms. The first-order valence-electron chi connectivity index (χ1n) is 9.37.